The molecular weight excluding hydrogens is 301 g/mol. The maximum Gasteiger partial charge on any atom is 0.339 e. The predicted molar refractivity (Wildman–Crippen MR) is 74.4 cm³/mol. The van der Waals surface area contributed by atoms with Crippen molar-refractivity contribution in [3.8, 4) is 5.75 Å². The number of carbonyl (C=O) groups excluding carboxylic acids is 1. The number of carboxylic acids is 1. The Balaban J connectivity index is 2.37. The van der Waals surface area contributed by atoms with Gasteiger partial charge in [-0.25, -0.2) is 9.18 Å². The molecule has 3 N–H and O–H groups in total. The first-order valence-corrected chi connectivity index (χ1v) is 6.10. The molecule has 21 heavy (non-hydrogen) atoms. The Morgan fingerprint density at radius 3 is 2.43 bits per heavy atom. The lowest BCUT2D eigenvalue weighted by atomic mass is 10.1. The molecule has 0 unspecified atom stereocenters. The molecule has 0 atom stereocenters. The van der Waals surface area contributed by atoms with Gasteiger partial charge in [0.25, 0.3) is 5.91 Å². The molecule has 2 aromatic carbocycles. The van der Waals surface area contributed by atoms with Gasteiger partial charge in [-0.05, 0) is 24.3 Å². The van der Waals surface area contributed by atoms with Crippen molar-refractivity contribution in [1.82, 2.24) is 0 Å². The summed E-state index contributed by atoms with van der Waals surface area (Å²) < 4.78 is 13.6. The van der Waals surface area contributed by atoms with Gasteiger partial charge in [0, 0.05) is 0 Å². The second kappa shape index (κ2) is 5.80. The summed E-state index contributed by atoms with van der Waals surface area (Å²) in [6.07, 6.45) is 0. The molecule has 0 saturated carbocycles. The highest BCUT2D eigenvalue weighted by Gasteiger charge is 2.19. The minimum Gasteiger partial charge on any atom is -0.505 e. The Morgan fingerprint density at radius 1 is 1.14 bits per heavy atom. The summed E-state index contributed by atoms with van der Waals surface area (Å²) in [7, 11) is 0. The third-order valence-corrected chi connectivity index (χ3v) is 3.02. The van der Waals surface area contributed by atoms with Gasteiger partial charge in [-0.3, -0.25) is 4.79 Å². The standard InChI is InChI=1S/C14H9ClFNO4/c15-8-4-2-5-9(16)11(8)13(19)17-10-6-1-3-7(12(10)18)14(20)21/h1-6,18H,(H,17,19)(H,20,21). The van der Waals surface area contributed by atoms with Crippen molar-refractivity contribution < 1.29 is 24.2 Å². The van der Waals surface area contributed by atoms with E-state index in [2.05, 4.69) is 5.32 Å². The topological polar surface area (TPSA) is 86.6 Å². The fourth-order valence-electron chi connectivity index (χ4n) is 1.72. The van der Waals surface area contributed by atoms with Crippen LogP contribution in [0.2, 0.25) is 5.02 Å². The Bertz CT molecular complexity index is 713. The number of phenols is 1. The fourth-order valence-corrected chi connectivity index (χ4v) is 1.97. The largest absolute Gasteiger partial charge is 0.505 e. The average molecular weight is 310 g/mol. The lowest BCUT2D eigenvalue weighted by Crippen LogP contribution is -2.15. The van der Waals surface area contributed by atoms with E-state index < -0.39 is 23.4 Å². The summed E-state index contributed by atoms with van der Waals surface area (Å²) in [6, 6.07) is 7.54. The number of aromatic carboxylic acids is 1. The molecule has 108 valence electrons. The van der Waals surface area contributed by atoms with Gasteiger partial charge in [-0.1, -0.05) is 23.7 Å². The van der Waals surface area contributed by atoms with Gasteiger partial charge >= 0.3 is 5.97 Å². The molecular formula is C14H9ClFNO4. The number of rotatable bonds is 3. The first-order valence-electron chi connectivity index (χ1n) is 5.72. The van der Waals surface area contributed by atoms with Gasteiger partial charge < -0.3 is 15.5 Å². The summed E-state index contributed by atoms with van der Waals surface area (Å²) >= 11 is 5.75. The quantitative estimate of drug-likeness (QED) is 0.760. The second-order valence-corrected chi connectivity index (χ2v) is 4.46. The van der Waals surface area contributed by atoms with Crippen molar-refractivity contribution in [2.75, 3.05) is 5.32 Å². The summed E-state index contributed by atoms with van der Waals surface area (Å²) in [5.41, 5.74) is -0.925. The van der Waals surface area contributed by atoms with Crippen molar-refractivity contribution in [2.24, 2.45) is 0 Å². The van der Waals surface area contributed by atoms with Gasteiger partial charge in [-0.15, -0.1) is 0 Å². The van der Waals surface area contributed by atoms with E-state index in [0.717, 1.165) is 6.07 Å². The third-order valence-electron chi connectivity index (χ3n) is 2.70. The SMILES string of the molecule is O=C(O)c1cccc(NC(=O)c2c(F)cccc2Cl)c1O. The van der Waals surface area contributed by atoms with E-state index >= 15 is 0 Å². The fraction of sp³-hybridized carbons (Fsp3) is 0. The van der Waals surface area contributed by atoms with Crippen LogP contribution in [0.15, 0.2) is 36.4 Å². The van der Waals surface area contributed by atoms with Crippen molar-refractivity contribution in [3.05, 3.63) is 58.4 Å². The van der Waals surface area contributed by atoms with Gasteiger partial charge in [0.1, 0.15) is 11.4 Å². The highest BCUT2D eigenvalue weighted by Crippen LogP contribution is 2.29. The third kappa shape index (κ3) is 2.95. The normalized spacial score (nSPS) is 10.2. The molecule has 0 aliphatic rings. The molecule has 0 bridgehead atoms. The molecule has 0 heterocycles. The molecule has 1 amide bonds. The number of para-hydroxylation sites is 1. The molecule has 0 aliphatic carbocycles. The van der Waals surface area contributed by atoms with E-state index in [1.165, 1.54) is 30.3 Å². The molecule has 5 nitrogen and oxygen atoms in total. The number of carbonyl (C=O) groups is 2. The van der Waals surface area contributed by atoms with Crippen molar-refractivity contribution in [1.29, 1.82) is 0 Å². The Morgan fingerprint density at radius 2 is 1.81 bits per heavy atom. The molecule has 0 aromatic heterocycles. The van der Waals surface area contributed by atoms with Crippen LogP contribution >= 0.6 is 11.6 Å². The van der Waals surface area contributed by atoms with Crippen LogP contribution in [0, 0.1) is 5.82 Å². The lowest BCUT2D eigenvalue weighted by molar-refractivity contribution is 0.0693. The van der Waals surface area contributed by atoms with E-state index in [4.69, 9.17) is 16.7 Å². The number of hydrogen-bond donors (Lipinski definition) is 3. The van der Waals surface area contributed by atoms with E-state index in [1.54, 1.807) is 0 Å². The van der Waals surface area contributed by atoms with Crippen molar-refractivity contribution in [2.45, 2.75) is 0 Å². The lowest BCUT2D eigenvalue weighted by Gasteiger charge is -2.10. The molecule has 0 fully saturated rings. The molecule has 0 radical (unpaired) electrons. The minimum atomic E-state index is -1.35. The summed E-state index contributed by atoms with van der Waals surface area (Å²) in [5.74, 6) is -3.69. The van der Waals surface area contributed by atoms with Crippen LogP contribution < -0.4 is 5.32 Å². The molecule has 0 saturated heterocycles. The van der Waals surface area contributed by atoms with Crippen LogP contribution in [0.25, 0.3) is 0 Å². The first kappa shape index (κ1) is 14.8. The Labute approximate surface area is 123 Å². The second-order valence-electron chi connectivity index (χ2n) is 4.06. The summed E-state index contributed by atoms with van der Waals surface area (Å²) in [4.78, 5) is 22.9. The van der Waals surface area contributed by atoms with Gasteiger partial charge in [0.15, 0.2) is 5.75 Å². The number of nitrogens with one attached hydrogen (secondary N) is 1. The average Bonchev–Trinajstić information content (AvgIpc) is 2.40. The molecule has 2 rings (SSSR count). The number of hydrogen-bond acceptors (Lipinski definition) is 3. The molecule has 7 heteroatoms. The summed E-state index contributed by atoms with van der Waals surface area (Å²) in [6.45, 7) is 0. The number of carboxylic acid groups (broad SMARTS) is 1. The number of anilines is 1. The van der Waals surface area contributed by atoms with E-state index in [-0.39, 0.29) is 21.8 Å². The highest BCUT2D eigenvalue weighted by atomic mass is 35.5. The maximum atomic E-state index is 13.6. The smallest absolute Gasteiger partial charge is 0.339 e. The van der Waals surface area contributed by atoms with Crippen LogP contribution in [0.4, 0.5) is 10.1 Å². The van der Waals surface area contributed by atoms with Crippen LogP contribution in [-0.2, 0) is 0 Å². The van der Waals surface area contributed by atoms with Crippen LogP contribution in [0.1, 0.15) is 20.7 Å². The van der Waals surface area contributed by atoms with E-state index in [1.807, 2.05) is 0 Å². The number of aromatic hydroxyl groups is 1. The van der Waals surface area contributed by atoms with Crippen LogP contribution in [0.5, 0.6) is 5.75 Å². The number of halogens is 2. The van der Waals surface area contributed by atoms with Crippen molar-refractivity contribution in [3.63, 3.8) is 0 Å². The maximum absolute atomic E-state index is 13.6. The summed E-state index contributed by atoms with van der Waals surface area (Å²) in [5, 5.41) is 20.8. The minimum absolute atomic E-state index is 0.0959. The molecule has 0 spiro atoms. The van der Waals surface area contributed by atoms with Gasteiger partial charge in [0.05, 0.1) is 16.3 Å². The van der Waals surface area contributed by atoms with E-state index in [0.29, 0.717) is 0 Å². The van der Waals surface area contributed by atoms with Crippen molar-refractivity contribution >= 4 is 29.2 Å². The zero-order valence-electron chi connectivity index (χ0n) is 10.4. The highest BCUT2D eigenvalue weighted by molar-refractivity contribution is 6.34. The number of amides is 1. The zero-order chi connectivity index (χ0) is 15.6. The van der Waals surface area contributed by atoms with E-state index in [9.17, 15) is 19.1 Å². The monoisotopic (exact) mass is 309 g/mol. The van der Waals surface area contributed by atoms with Crippen LogP contribution in [-0.4, -0.2) is 22.1 Å². The van der Waals surface area contributed by atoms with Gasteiger partial charge in [0.2, 0.25) is 0 Å². The number of benzene rings is 2. The Kier molecular flexibility index (Phi) is 4.09. The molecule has 2 aromatic rings. The van der Waals surface area contributed by atoms with Gasteiger partial charge in [-0.2, -0.15) is 0 Å². The Hall–Kier alpha value is -2.60. The van der Waals surface area contributed by atoms with Crippen LogP contribution in [0.3, 0.4) is 0 Å². The zero-order valence-corrected chi connectivity index (χ0v) is 11.2. The first-order chi connectivity index (χ1) is 9.91. The predicted octanol–water partition coefficient (Wildman–Crippen LogP) is 3.14. The molecule has 0 aliphatic heterocycles.